The van der Waals surface area contributed by atoms with Gasteiger partial charge in [0.25, 0.3) is 0 Å². The fraction of sp³-hybridized carbons (Fsp3) is 0.500. The van der Waals surface area contributed by atoms with Crippen LogP contribution in [-0.2, 0) is 4.79 Å². The Kier molecular flexibility index (Phi) is 5.88. The molecular formula is C14H20F2N2O2. The number of hydrogen-bond acceptors (Lipinski definition) is 3. The monoisotopic (exact) mass is 286 g/mol. The molecule has 1 atom stereocenters. The van der Waals surface area contributed by atoms with Crippen LogP contribution in [0.25, 0.3) is 0 Å². The zero-order chi connectivity index (χ0) is 15.2. The molecule has 0 bridgehead atoms. The van der Waals surface area contributed by atoms with Crippen molar-refractivity contribution in [3.63, 3.8) is 0 Å². The molecule has 0 heterocycles. The van der Waals surface area contributed by atoms with E-state index in [1.54, 1.807) is 6.92 Å². The summed E-state index contributed by atoms with van der Waals surface area (Å²) in [6.45, 7) is 4.44. The van der Waals surface area contributed by atoms with Gasteiger partial charge in [0, 0.05) is 6.07 Å². The SMILES string of the molecule is CCNC(C)(CCCOc1ccc(F)cc1F)C(N)=O. The van der Waals surface area contributed by atoms with E-state index in [1.807, 2.05) is 6.92 Å². The lowest BCUT2D eigenvalue weighted by Gasteiger charge is -2.26. The molecule has 0 aliphatic carbocycles. The normalized spacial score (nSPS) is 13.8. The van der Waals surface area contributed by atoms with Gasteiger partial charge in [-0.25, -0.2) is 8.78 Å². The third-order valence-corrected chi connectivity index (χ3v) is 3.08. The second-order valence-electron chi connectivity index (χ2n) is 4.75. The highest BCUT2D eigenvalue weighted by atomic mass is 19.1. The van der Waals surface area contributed by atoms with Crippen molar-refractivity contribution in [3.8, 4) is 5.75 Å². The summed E-state index contributed by atoms with van der Waals surface area (Å²) in [7, 11) is 0. The molecule has 112 valence electrons. The lowest BCUT2D eigenvalue weighted by atomic mass is 9.95. The number of hydrogen-bond donors (Lipinski definition) is 2. The van der Waals surface area contributed by atoms with Crippen LogP contribution in [0.5, 0.6) is 5.75 Å². The third-order valence-electron chi connectivity index (χ3n) is 3.08. The topological polar surface area (TPSA) is 64.3 Å². The van der Waals surface area contributed by atoms with Crippen LogP contribution in [0.2, 0.25) is 0 Å². The minimum absolute atomic E-state index is 0.00405. The van der Waals surface area contributed by atoms with E-state index < -0.39 is 23.1 Å². The predicted octanol–water partition coefficient (Wildman–Crippen LogP) is 1.98. The number of amides is 1. The maximum Gasteiger partial charge on any atom is 0.237 e. The van der Waals surface area contributed by atoms with Gasteiger partial charge < -0.3 is 15.8 Å². The number of nitrogens with two attached hydrogens (primary N) is 1. The van der Waals surface area contributed by atoms with E-state index in [9.17, 15) is 13.6 Å². The summed E-state index contributed by atoms with van der Waals surface area (Å²) in [5.41, 5.74) is 4.54. The van der Waals surface area contributed by atoms with Crippen molar-refractivity contribution in [1.82, 2.24) is 5.32 Å². The summed E-state index contributed by atoms with van der Waals surface area (Å²) < 4.78 is 31.2. The van der Waals surface area contributed by atoms with Gasteiger partial charge >= 0.3 is 0 Å². The summed E-state index contributed by atoms with van der Waals surface area (Å²) in [6, 6.07) is 3.13. The lowest BCUT2D eigenvalue weighted by Crippen LogP contribution is -2.53. The van der Waals surface area contributed by atoms with Gasteiger partial charge in [0.05, 0.1) is 12.1 Å². The molecule has 4 nitrogen and oxygen atoms in total. The fourth-order valence-corrected chi connectivity index (χ4v) is 1.89. The van der Waals surface area contributed by atoms with Gasteiger partial charge in [-0.1, -0.05) is 6.92 Å². The van der Waals surface area contributed by atoms with Crippen LogP contribution in [0.4, 0.5) is 8.78 Å². The third kappa shape index (κ3) is 4.45. The second-order valence-corrected chi connectivity index (χ2v) is 4.75. The number of primary amides is 1. The van der Waals surface area contributed by atoms with E-state index in [1.165, 1.54) is 6.07 Å². The minimum Gasteiger partial charge on any atom is -0.491 e. The van der Waals surface area contributed by atoms with Crippen molar-refractivity contribution in [2.24, 2.45) is 5.73 Å². The molecule has 0 aliphatic heterocycles. The first-order chi connectivity index (χ1) is 9.39. The van der Waals surface area contributed by atoms with Crippen molar-refractivity contribution in [3.05, 3.63) is 29.8 Å². The molecule has 0 fully saturated rings. The van der Waals surface area contributed by atoms with Gasteiger partial charge in [-0.2, -0.15) is 0 Å². The average molecular weight is 286 g/mol. The molecule has 0 spiro atoms. The maximum absolute atomic E-state index is 13.3. The number of ether oxygens (including phenoxy) is 1. The number of nitrogens with one attached hydrogen (secondary N) is 1. The Morgan fingerprint density at radius 3 is 2.70 bits per heavy atom. The molecule has 3 N–H and O–H groups in total. The number of carbonyl (C=O) groups excluding carboxylic acids is 1. The first-order valence-electron chi connectivity index (χ1n) is 6.52. The van der Waals surface area contributed by atoms with Gasteiger partial charge in [0.2, 0.25) is 5.91 Å². The molecule has 0 radical (unpaired) electrons. The Bertz CT molecular complexity index is 468. The Morgan fingerprint density at radius 2 is 2.15 bits per heavy atom. The Morgan fingerprint density at radius 1 is 1.45 bits per heavy atom. The van der Waals surface area contributed by atoms with Crippen molar-refractivity contribution >= 4 is 5.91 Å². The molecule has 1 unspecified atom stereocenters. The van der Waals surface area contributed by atoms with Crippen molar-refractivity contribution < 1.29 is 18.3 Å². The van der Waals surface area contributed by atoms with Crippen molar-refractivity contribution in [2.75, 3.05) is 13.2 Å². The molecule has 1 aromatic rings. The summed E-state index contributed by atoms with van der Waals surface area (Å²) in [4.78, 5) is 11.4. The van der Waals surface area contributed by atoms with E-state index in [2.05, 4.69) is 5.32 Å². The molecule has 1 aromatic carbocycles. The van der Waals surface area contributed by atoms with Crippen LogP contribution in [0, 0.1) is 11.6 Å². The highest BCUT2D eigenvalue weighted by Gasteiger charge is 2.29. The summed E-state index contributed by atoms with van der Waals surface area (Å²) in [5, 5.41) is 3.02. The van der Waals surface area contributed by atoms with E-state index in [4.69, 9.17) is 10.5 Å². The maximum atomic E-state index is 13.3. The lowest BCUT2D eigenvalue weighted by molar-refractivity contribution is -0.124. The number of benzene rings is 1. The largest absolute Gasteiger partial charge is 0.491 e. The molecule has 6 heteroatoms. The van der Waals surface area contributed by atoms with Crippen LogP contribution < -0.4 is 15.8 Å². The van der Waals surface area contributed by atoms with E-state index in [0.29, 0.717) is 19.4 Å². The van der Waals surface area contributed by atoms with Crippen LogP contribution in [0.1, 0.15) is 26.7 Å². The van der Waals surface area contributed by atoms with Crippen LogP contribution in [0.3, 0.4) is 0 Å². The number of rotatable bonds is 8. The standard InChI is InChI=1S/C14H20F2N2O2/c1-3-18-14(2,13(17)19)7-4-8-20-12-6-5-10(15)9-11(12)16/h5-6,9,18H,3-4,7-8H2,1-2H3,(H2,17,19). The molecule has 0 saturated heterocycles. The smallest absolute Gasteiger partial charge is 0.237 e. The van der Waals surface area contributed by atoms with E-state index in [-0.39, 0.29) is 12.4 Å². The molecule has 1 rings (SSSR count). The van der Waals surface area contributed by atoms with Crippen LogP contribution in [-0.4, -0.2) is 24.6 Å². The van der Waals surface area contributed by atoms with Gasteiger partial charge in [-0.05, 0) is 38.4 Å². The van der Waals surface area contributed by atoms with Gasteiger partial charge in [0.1, 0.15) is 5.82 Å². The summed E-state index contributed by atoms with van der Waals surface area (Å²) in [6.07, 6.45) is 0.988. The van der Waals surface area contributed by atoms with Crippen molar-refractivity contribution in [1.29, 1.82) is 0 Å². The molecular weight excluding hydrogens is 266 g/mol. The van der Waals surface area contributed by atoms with Gasteiger partial charge in [-0.15, -0.1) is 0 Å². The second kappa shape index (κ2) is 7.19. The average Bonchev–Trinajstić information content (AvgIpc) is 2.37. The van der Waals surface area contributed by atoms with Crippen LogP contribution in [0.15, 0.2) is 18.2 Å². The zero-order valence-electron chi connectivity index (χ0n) is 11.7. The first-order valence-corrected chi connectivity index (χ1v) is 6.52. The Hall–Kier alpha value is -1.69. The number of halogens is 2. The molecule has 20 heavy (non-hydrogen) atoms. The van der Waals surface area contributed by atoms with Crippen LogP contribution >= 0.6 is 0 Å². The summed E-state index contributed by atoms with van der Waals surface area (Å²) >= 11 is 0. The molecule has 1 amide bonds. The summed E-state index contributed by atoms with van der Waals surface area (Å²) in [5.74, 6) is -1.83. The van der Waals surface area contributed by atoms with E-state index >= 15 is 0 Å². The predicted molar refractivity (Wildman–Crippen MR) is 72.4 cm³/mol. The van der Waals surface area contributed by atoms with E-state index in [0.717, 1.165) is 12.1 Å². The zero-order valence-corrected chi connectivity index (χ0v) is 11.7. The molecule has 0 saturated carbocycles. The van der Waals surface area contributed by atoms with Gasteiger partial charge in [-0.3, -0.25) is 4.79 Å². The molecule has 0 aliphatic rings. The highest BCUT2D eigenvalue weighted by molar-refractivity contribution is 5.84. The quantitative estimate of drug-likeness (QED) is 0.718. The Labute approximate surface area is 117 Å². The Balaban J connectivity index is 2.46. The van der Waals surface area contributed by atoms with Crippen molar-refractivity contribution in [2.45, 2.75) is 32.2 Å². The fourth-order valence-electron chi connectivity index (χ4n) is 1.89. The first kappa shape index (κ1) is 16.4. The molecule has 0 aromatic heterocycles. The van der Waals surface area contributed by atoms with Gasteiger partial charge in [0.15, 0.2) is 11.6 Å². The number of carbonyl (C=O) groups is 1. The highest BCUT2D eigenvalue weighted by Crippen LogP contribution is 2.19. The minimum atomic E-state index is -0.806. The number of likely N-dealkylation sites (N-methyl/N-ethyl adjacent to an activating group) is 1.